The lowest BCUT2D eigenvalue weighted by molar-refractivity contribution is -0.131. The van der Waals surface area contributed by atoms with Crippen LogP contribution < -0.4 is 5.32 Å². The van der Waals surface area contributed by atoms with Crippen LogP contribution in [0.5, 0.6) is 0 Å². The predicted octanol–water partition coefficient (Wildman–Crippen LogP) is 4.76. The highest BCUT2D eigenvalue weighted by atomic mass is 35.5. The van der Waals surface area contributed by atoms with Crippen LogP contribution in [0.1, 0.15) is 18.5 Å². The van der Waals surface area contributed by atoms with Crippen LogP contribution in [-0.2, 0) is 16.0 Å². The molecule has 9 heteroatoms. The fraction of sp³-hybridized carbons (Fsp3) is 0.261. The van der Waals surface area contributed by atoms with Crippen molar-refractivity contribution >= 4 is 40.9 Å². The largest absolute Gasteiger partial charge is 0.346 e. The minimum Gasteiger partial charge on any atom is -0.346 e. The number of fused-ring (bicyclic) bond motifs is 1. The van der Waals surface area contributed by atoms with E-state index in [-0.39, 0.29) is 24.1 Å². The van der Waals surface area contributed by atoms with E-state index < -0.39 is 5.25 Å². The number of thioether (sulfide) groups is 1. The number of aromatic nitrogens is 2. The van der Waals surface area contributed by atoms with Crippen LogP contribution in [0.2, 0.25) is 5.02 Å². The number of carbonyl (C=O) groups is 2. The molecule has 0 fully saturated rings. The number of benzene rings is 2. The van der Waals surface area contributed by atoms with Gasteiger partial charge in [0.1, 0.15) is 5.82 Å². The summed E-state index contributed by atoms with van der Waals surface area (Å²) in [6, 6.07) is 13.5. The Labute approximate surface area is 194 Å². The third-order valence-electron chi connectivity index (χ3n) is 5.24. The monoisotopic (exact) mass is 472 g/mol. The first-order valence-corrected chi connectivity index (χ1v) is 11.5. The molecule has 2 heterocycles. The van der Waals surface area contributed by atoms with Crippen LogP contribution in [0.3, 0.4) is 0 Å². The number of hydrogen-bond acceptors (Lipinski definition) is 4. The highest BCUT2D eigenvalue weighted by Gasteiger charge is 2.30. The molecule has 2 aromatic carbocycles. The summed E-state index contributed by atoms with van der Waals surface area (Å²) in [5.74, 6) is -0.571. The zero-order chi connectivity index (χ0) is 22.7. The summed E-state index contributed by atoms with van der Waals surface area (Å²) in [7, 11) is 1.74. The van der Waals surface area contributed by atoms with E-state index in [1.165, 1.54) is 23.9 Å². The van der Waals surface area contributed by atoms with Gasteiger partial charge in [0.25, 0.3) is 0 Å². The zero-order valence-corrected chi connectivity index (χ0v) is 19.0. The Kier molecular flexibility index (Phi) is 6.81. The van der Waals surface area contributed by atoms with E-state index in [4.69, 9.17) is 11.6 Å². The maximum atomic E-state index is 13.4. The van der Waals surface area contributed by atoms with Crippen molar-refractivity contribution < 1.29 is 14.0 Å². The molecular formula is C23H22ClFN4O2S. The van der Waals surface area contributed by atoms with Crippen LogP contribution >= 0.6 is 23.4 Å². The first-order chi connectivity index (χ1) is 15.4. The highest BCUT2D eigenvalue weighted by Crippen LogP contribution is 2.38. The topological polar surface area (TPSA) is 78.1 Å². The third-order valence-corrected chi connectivity index (χ3v) is 6.75. The average Bonchev–Trinajstić information content (AvgIpc) is 3.23. The molecule has 0 spiro atoms. The second kappa shape index (κ2) is 9.75. The standard InChI is InChI=1S/C23H22ClFN4O2S/c1-29(9-3-6-17-12-18(28-27-17)14-4-2-5-16(25)10-14)22(30)13-21-23(31)26-19-11-15(24)7-8-20(19)32-21/h2,4-5,7-8,10-12,21H,3,6,9,13H2,1H3,(H,26,31)(H,27,28). The van der Waals surface area contributed by atoms with E-state index in [9.17, 15) is 14.0 Å². The summed E-state index contributed by atoms with van der Waals surface area (Å²) in [4.78, 5) is 27.6. The van der Waals surface area contributed by atoms with Crippen LogP contribution in [0, 0.1) is 5.82 Å². The summed E-state index contributed by atoms with van der Waals surface area (Å²) in [5, 5.41) is 10.1. The molecule has 1 aliphatic rings. The van der Waals surface area contributed by atoms with Crippen molar-refractivity contribution in [2.45, 2.75) is 29.4 Å². The summed E-state index contributed by atoms with van der Waals surface area (Å²) >= 11 is 7.36. The van der Waals surface area contributed by atoms with E-state index in [0.717, 1.165) is 17.0 Å². The first kappa shape index (κ1) is 22.4. The number of amides is 2. The maximum absolute atomic E-state index is 13.4. The Morgan fingerprint density at radius 1 is 1.25 bits per heavy atom. The van der Waals surface area contributed by atoms with Gasteiger partial charge in [-0.25, -0.2) is 4.39 Å². The highest BCUT2D eigenvalue weighted by molar-refractivity contribution is 8.01. The van der Waals surface area contributed by atoms with Gasteiger partial charge >= 0.3 is 0 Å². The van der Waals surface area contributed by atoms with Gasteiger partial charge < -0.3 is 10.2 Å². The molecule has 0 saturated carbocycles. The van der Waals surface area contributed by atoms with Gasteiger partial charge in [0.15, 0.2) is 0 Å². The van der Waals surface area contributed by atoms with E-state index in [1.54, 1.807) is 30.1 Å². The lowest BCUT2D eigenvalue weighted by Gasteiger charge is -2.25. The molecule has 0 bridgehead atoms. The molecule has 0 saturated heterocycles. The molecule has 2 amide bonds. The van der Waals surface area contributed by atoms with E-state index in [2.05, 4.69) is 15.5 Å². The van der Waals surface area contributed by atoms with Crippen molar-refractivity contribution in [1.82, 2.24) is 15.1 Å². The number of rotatable bonds is 7. The number of carbonyl (C=O) groups excluding carboxylic acids is 2. The Balaban J connectivity index is 1.26. The second-order valence-electron chi connectivity index (χ2n) is 7.65. The van der Waals surface area contributed by atoms with Crippen LogP contribution in [0.25, 0.3) is 11.3 Å². The van der Waals surface area contributed by atoms with Gasteiger partial charge in [-0.3, -0.25) is 14.7 Å². The molecule has 4 rings (SSSR count). The number of H-pyrrole nitrogens is 1. The normalized spacial score (nSPS) is 15.2. The summed E-state index contributed by atoms with van der Waals surface area (Å²) in [6.07, 6.45) is 1.56. The molecule has 1 aromatic heterocycles. The number of nitrogens with one attached hydrogen (secondary N) is 2. The molecule has 2 N–H and O–H groups in total. The number of hydrogen-bond donors (Lipinski definition) is 2. The second-order valence-corrected chi connectivity index (χ2v) is 9.33. The summed E-state index contributed by atoms with van der Waals surface area (Å²) in [5.41, 5.74) is 3.00. The fourth-order valence-corrected chi connectivity index (χ4v) is 4.74. The Hall–Kier alpha value is -2.84. The van der Waals surface area contributed by atoms with Crippen molar-refractivity contribution in [3.63, 3.8) is 0 Å². The number of aryl methyl sites for hydroxylation is 1. The van der Waals surface area contributed by atoms with Crippen molar-refractivity contribution in [1.29, 1.82) is 0 Å². The molecule has 1 unspecified atom stereocenters. The lowest BCUT2D eigenvalue weighted by atomic mass is 10.1. The number of nitrogens with zero attached hydrogens (tertiary/aromatic N) is 2. The van der Waals surface area contributed by atoms with Gasteiger partial charge in [-0.2, -0.15) is 5.10 Å². The number of halogens is 2. The SMILES string of the molecule is CN(CCCc1cc(-c2cccc(F)c2)n[nH]1)C(=O)CC1Sc2ccc(Cl)cc2NC1=O. The van der Waals surface area contributed by atoms with Gasteiger partial charge in [0, 0.05) is 41.2 Å². The van der Waals surface area contributed by atoms with Gasteiger partial charge in [-0.1, -0.05) is 23.7 Å². The van der Waals surface area contributed by atoms with Gasteiger partial charge in [-0.05, 0) is 49.2 Å². The average molecular weight is 473 g/mol. The summed E-state index contributed by atoms with van der Waals surface area (Å²) in [6.45, 7) is 0.554. The molecular weight excluding hydrogens is 451 g/mol. The van der Waals surface area contributed by atoms with Gasteiger partial charge in [0.2, 0.25) is 11.8 Å². The zero-order valence-electron chi connectivity index (χ0n) is 17.4. The molecule has 0 radical (unpaired) electrons. The molecule has 1 atom stereocenters. The minimum atomic E-state index is -0.472. The molecule has 32 heavy (non-hydrogen) atoms. The number of anilines is 1. The third kappa shape index (κ3) is 5.31. The van der Waals surface area contributed by atoms with Crippen LogP contribution in [0.15, 0.2) is 53.4 Å². The lowest BCUT2D eigenvalue weighted by Crippen LogP contribution is -2.36. The molecule has 0 aliphatic carbocycles. The number of aromatic amines is 1. The minimum absolute atomic E-state index is 0.0832. The fourth-order valence-electron chi connectivity index (χ4n) is 3.49. The summed E-state index contributed by atoms with van der Waals surface area (Å²) < 4.78 is 13.4. The first-order valence-electron chi connectivity index (χ1n) is 10.2. The van der Waals surface area contributed by atoms with E-state index in [0.29, 0.717) is 34.9 Å². The Morgan fingerprint density at radius 2 is 2.09 bits per heavy atom. The van der Waals surface area contributed by atoms with Crippen LogP contribution in [0.4, 0.5) is 10.1 Å². The Morgan fingerprint density at radius 3 is 2.91 bits per heavy atom. The van der Waals surface area contributed by atoms with E-state index in [1.807, 2.05) is 18.2 Å². The quantitative estimate of drug-likeness (QED) is 0.519. The molecule has 166 valence electrons. The van der Waals surface area contributed by atoms with Crippen molar-refractivity contribution in [3.8, 4) is 11.3 Å². The van der Waals surface area contributed by atoms with Gasteiger partial charge in [0.05, 0.1) is 16.6 Å². The molecule has 3 aromatic rings. The molecule has 6 nitrogen and oxygen atoms in total. The van der Waals surface area contributed by atoms with E-state index >= 15 is 0 Å². The van der Waals surface area contributed by atoms with Gasteiger partial charge in [-0.15, -0.1) is 11.8 Å². The van der Waals surface area contributed by atoms with Crippen LogP contribution in [-0.4, -0.2) is 45.8 Å². The van der Waals surface area contributed by atoms with Crippen molar-refractivity contribution in [3.05, 3.63) is 65.1 Å². The Bertz CT molecular complexity index is 1150. The van der Waals surface area contributed by atoms with Crippen molar-refractivity contribution in [2.75, 3.05) is 18.9 Å². The van der Waals surface area contributed by atoms with Crippen molar-refractivity contribution in [2.24, 2.45) is 0 Å². The predicted molar refractivity (Wildman–Crippen MR) is 124 cm³/mol. The smallest absolute Gasteiger partial charge is 0.238 e. The molecule has 1 aliphatic heterocycles. The maximum Gasteiger partial charge on any atom is 0.238 e.